The van der Waals surface area contributed by atoms with Gasteiger partial charge in [0.25, 0.3) is 5.91 Å². The molecule has 0 aromatic heterocycles. The van der Waals surface area contributed by atoms with Crippen LogP contribution in [0.2, 0.25) is 0 Å². The van der Waals surface area contributed by atoms with E-state index in [-0.39, 0.29) is 10.9 Å². The van der Waals surface area contributed by atoms with Crippen LogP contribution < -0.4 is 10.0 Å². The molecule has 1 aliphatic rings. The molecule has 0 atom stereocenters. The number of carbonyl (C=O) groups is 1. The number of rotatable bonds is 5. The lowest BCUT2D eigenvalue weighted by Crippen LogP contribution is -2.36. The molecule has 7 heteroatoms. The van der Waals surface area contributed by atoms with E-state index in [1.54, 1.807) is 24.3 Å². The Morgan fingerprint density at radius 3 is 2.33 bits per heavy atom. The van der Waals surface area contributed by atoms with Crippen molar-refractivity contribution in [2.45, 2.75) is 43.0 Å². The van der Waals surface area contributed by atoms with Crippen molar-refractivity contribution >= 4 is 21.6 Å². The summed E-state index contributed by atoms with van der Waals surface area (Å²) >= 11 is 0. The third-order valence-corrected chi connectivity index (χ3v) is 6.19. The lowest BCUT2D eigenvalue weighted by atomic mass is 9.96. The van der Waals surface area contributed by atoms with Gasteiger partial charge >= 0.3 is 0 Å². The van der Waals surface area contributed by atoms with Gasteiger partial charge in [0, 0.05) is 11.6 Å². The molecule has 140 valence electrons. The third kappa shape index (κ3) is 4.73. The fourth-order valence-corrected chi connectivity index (χ4v) is 4.48. The van der Waals surface area contributed by atoms with E-state index in [1.165, 1.54) is 24.3 Å². The van der Waals surface area contributed by atoms with Gasteiger partial charge in [-0.25, -0.2) is 13.1 Å². The summed E-state index contributed by atoms with van der Waals surface area (Å²) in [5, 5.41) is 11.8. The van der Waals surface area contributed by atoms with Crippen LogP contribution in [-0.4, -0.2) is 20.4 Å². The highest BCUT2D eigenvalue weighted by atomic mass is 32.2. The standard InChI is InChI=1S/C20H21N3O3S/c21-14-16-6-4-5-9-19(16)22-20(24)15-10-12-18(13-11-15)27(25,26)23-17-7-2-1-3-8-17/h4-6,9-13,17,23H,1-3,7-8H2,(H,22,24). The molecule has 27 heavy (non-hydrogen) atoms. The summed E-state index contributed by atoms with van der Waals surface area (Å²) in [4.78, 5) is 12.5. The van der Waals surface area contributed by atoms with Crippen LogP contribution in [0.15, 0.2) is 53.4 Å². The maximum atomic E-state index is 12.5. The lowest BCUT2D eigenvalue weighted by molar-refractivity contribution is 0.102. The molecule has 0 heterocycles. The van der Waals surface area contributed by atoms with Crippen molar-refractivity contribution in [1.82, 2.24) is 4.72 Å². The number of nitriles is 1. The Bertz CT molecular complexity index is 957. The molecule has 2 aromatic carbocycles. The number of benzene rings is 2. The van der Waals surface area contributed by atoms with E-state index in [9.17, 15) is 13.2 Å². The van der Waals surface area contributed by atoms with Gasteiger partial charge in [-0.2, -0.15) is 5.26 Å². The summed E-state index contributed by atoms with van der Waals surface area (Å²) in [5.41, 5.74) is 1.10. The smallest absolute Gasteiger partial charge is 0.255 e. The largest absolute Gasteiger partial charge is 0.321 e. The summed E-state index contributed by atoms with van der Waals surface area (Å²) in [7, 11) is -3.60. The van der Waals surface area contributed by atoms with Crippen LogP contribution in [-0.2, 0) is 10.0 Å². The molecule has 0 saturated heterocycles. The fraction of sp³-hybridized carbons (Fsp3) is 0.300. The SMILES string of the molecule is N#Cc1ccccc1NC(=O)c1ccc(S(=O)(=O)NC2CCCCC2)cc1. The van der Waals surface area contributed by atoms with Gasteiger partial charge < -0.3 is 5.32 Å². The first-order chi connectivity index (χ1) is 13.0. The van der Waals surface area contributed by atoms with Crippen LogP contribution >= 0.6 is 0 Å². The van der Waals surface area contributed by atoms with E-state index in [0.29, 0.717) is 16.8 Å². The first-order valence-electron chi connectivity index (χ1n) is 8.92. The lowest BCUT2D eigenvalue weighted by Gasteiger charge is -2.22. The third-order valence-electron chi connectivity index (χ3n) is 4.65. The Morgan fingerprint density at radius 2 is 1.67 bits per heavy atom. The highest BCUT2D eigenvalue weighted by Gasteiger charge is 2.22. The molecule has 0 radical (unpaired) electrons. The highest BCUT2D eigenvalue weighted by molar-refractivity contribution is 7.89. The van der Waals surface area contributed by atoms with E-state index >= 15 is 0 Å². The first-order valence-corrected chi connectivity index (χ1v) is 10.4. The molecule has 2 aromatic rings. The van der Waals surface area contributed by atoms with Crippen LogP contribution in [0.1, 0.15) is 48.0 Å². The zero-order valence-corrected chi connectivity index (χ0v) is 15.6. The Morgan fingerprint density at radius 1 is 1.00 bits per heavy atom. The number of para-hydroxylation sites is 1. The van der Waals surface area contributed by atoms with E-state index in [0.717, 1.165) is 32.1 Å². The van der Waals surface area contributed by atoms with Crippen molar-refractivity contribution in [3.8, 4) is 6.07 Å². The van der Waals surface area contributed by atoms with Gasteiger partial charge in [0.15, 0.2) is 0 Å². The number of sulfonamides is 1. The molecule has 1 aliphatic carbocycles. The number of nitrogens with zero attached hydrogens (tertiary/aromatic N) is 1. The van der Waals surface area contributed by atoms with Crippen molar-refractivity contribution in [3.63, 3.8) is 0 Å². The van der Waals surface area contributed by atoms with E-state index < -0.39 is 15.9 Å². The Kier molecular flexibility index (Phi) is 5.89. The average molecular weight is 383 g/mol. The second kappa shape index (κ2) is 8.33. The van der Waals surface area contributed by atoms with Gasteiger partial charge in [-0.1, -0.05) is 31.4 Å². The number of nitrogens with one attached hydrogen (secondary N) is 2. The van der Waals surface area contributed by atoms with Crippen molar-refractivity contribution in [2.75, 3.05) is 5.32 Å². The molecule has 0 unspecified atom stereocenters. The molecule has 6 nitrogen and oxygen atoms in total. The van der Waals surface area contributed by atoms with Gasteiger partial charge in [0.1, 0.15) is 6.07 Å². The normalized spacial score (nSPS) is 15.1. The highest BCUT2D eigenvalue weighted by Crippen LogP contribution is 2.21. The number of anilines is 1. The van der Waals surface area contributed by atoms with Crippen LogP contribution in [0.25, 0.3) is 0 Å². The van der Waals surface area contributed by atoms with Gasteiger partial charge in [-0.15, -0.1) is 0 Å². The summed E-state index contributed by atoms with van der Waals surface area (Å²) in [5.74, 6) is -0.401. The van der Waals surface area contributed by atoms with E-state index in [4.69, 9.17) is 5.26 Å². The minimum atomic E-state index is -3.60. The van der Waals surface area contributed by atoms with Crippen molar-refractivity contribution in [1.29, 1.82) is 5.26 Å². The predicted molar refractivity (Wildman–Crippen MR) is 103 cm³/mol. The second-order valence-electron chi connectivity index (χ2n) is 6.59. The minimum Gasteiger partial charge on any atom is -0.321 e. The summed E-state index contributed by atoms with van der Waals surface area (Å²) in [6.07, 6.45) is 4.94. The van der Waals surface area contributed by atoms with Gasteiger partial charge in [0.2, 0.25) is 10.0 Å². The number of hydrogen-bond donors (Lipinski definition) is 2. The predicted octanol–water partition coefficient (Wildman–Crippen LogP) is 3.42. The Balaban J connectivity index is 1.70. The minimum absolute atomic E-state index is 0.0193. The van der Waals surface area contributed by atoms with Crippen molar-refractivity contribution < 1.29 is 13.2 Å². The summed E-state index contributed by atoms with van der Waals surface area (Å²) in [6.45, 7) is 0. The van der Waals surface area contributed by atoms with Crippen LogP contribution in [0.5, 0.6) is 0 Å². The maximum absolute atomic E-state index is 12.5. The molecule has 0 aliphatic heterocycles. The monoisotopic (exact) mass is 383 g/mol. The fourth-order valence-electron chi connectivity index (χ4n) is 3.18. The molecule has 0 spiro atoms. The molecule has 0 bridgehead atoms. The zero-order valence-electron chi connectivity index (χ0n) is 14.8. The Labute approximate surface area is 159 Å². The van der Waals surface area contributed by atoms with E-state index in [2.05, 4.69) is 10.0 Å². The zero-order chi connectivity index (χ0) is 19.3. The van der Waals surface area contributed by atoms with Gasteiger partial charge in [-0.3, -0.25) is 4.79 Å². The molecular formula is C20H21N3O3S. The molecule has 1 fully saturated rings. The van der Waals surface area contributed by atoms with Gasteiger partial charge in [0.05, 0.1) is 16.1 Å². The first kappa shape index (κ1) is 19.1. The number of carbonyl (C=O) groups excluding carboxylic acids is 1. The quantitative estimate of drug-likeness (QED) is 0.826. The summed E-state index contributed by atoms with van der Waals surface area (Å²) < 4.78 is 27.8. The van der Waals surface area contributed by atoms with Crippen molar-refractivity contribution in [3.05, 3.63) is 59.7 Å². The summed E-state index contributed by atoms with van der Waals surface area (Å²) in [6, 6.07) is 14.5. The molecule has 1 amide bonds. The van der Waals surface area contributed by atoms with Crippen LogP contribution in [0, 0.1) is 11.3 Å². The van der Waals surface area contributed by atoms with Crippen molar-refractivity contribution in [2.24, 2.45) is 0 Å². The Hall–Kier alpha value is -2.69. The number of hydrogen-bond acceptors (Lipinski definition) is 4. The molecule has 1 saturated carbocycles. The topological polar surface area (TPSA) is 99.1 Å². The van der Waals surface area contributed by atoms with Crippen LogP contribution in [0.3, 0.4) is 0 Å². The molecular weight excluding hydrogens is 362 g/mol. The average Bonchev–Trinajstić information content (AvgIpc) is 2.69. The second-order valence-corrected chi connectivity index (χ2v) is 8.31. The maximum Gasteiger partial charge on any atom is 0.255 e. The molecule has 2 N–H and O–H groups in total. The van der Waals surface area contributed by atoms with Crippen LogP contribution in [0.4, 0.5) is 5.69 Å². The van der Waals surface area contributed by atoms with E-state index in [1.807, 2.05) is 6.07 Å². The number of amides is 1. The van der Waals surface area contributed by atoms with Gasteiger partial charge in [-0.05, 0) is 49.2 Å². The molecule has 3 rings (SSSR count).